The molecule has 0 heterocycles. The Labute approximate surface area is 186 Å². The number of rotatable bonds is 5. The third kappa shape index (κ3) is 4.13. The van der Waals surface area contributed by atoms with Crippen molar-refractivity contribution >= 4 is 0 Å². The van der Waals surface area contributed by atoms with Gasteiger partial charge in [-0.2, -0.15) is 4.39 Å². The minimum atomic E-state index is -0.984. The zero-order chi connectivity index (χ0) is 22.8. The Balaban J connectivity index is 1.51. The van der Waals surface area contributed by atoms with Gasteiger partial charge in [0.25, 0.3) is 0 Å². The summed E-state index contributed by atoms with van der Waals surface area (Å²) in [4.78, 5) is 0. The van der Waals surface area contributed by atoms with Gasteiger partial charge in [-0.15, -0.1) is 0 Å². The molecule has 168 valence electrons. The zero-order valence-electron chi connectivity index (χ0n) is 18.2. The van der Waals surface area contributed by atoms with Crippen LogP contribution in [-0.2, 0) is 6.42 Å². The van der Waals surface area contributed by atoms with Crippen molar-refractivity contribution in [3.8, 4) is 16.9 Å². The topological polar surface area (TPSA) is 9.23 Å². The second-order valence-corrected chi connectivity index (χ2v) is 8.41. The van der Waals surface area contributed by atoms with E-state index in [4.69, 9.17) is 4.74 Å². The fourth-order valence-corrected chi connectivity index (χ4v) is 4.76. The lowest BCUT2D eigenvalue weighted by Crippen LogP contribution is -2.15. The number of benzene rings is 3. The van der Waals surface area contributed by atoms with Crippen LogP contribution in [0.3, 0.4) is 0 Å². The molecule has 0 radical (unpaired) electrons. The first kappa shape index (κ1) is 22.4. The Kier molecular flexibility index (Phi) is 6.54. The van der Waals surface area contributed by atoms with Crippen molar-refractivity contribution in [2.45, 2.75) is 50.9 Å². The van der Waals surface area contributed by atoms with Crippen LogP contribution in [0.15, 0.2) is 48.5 Å². The van der Waals surface area contributed by atoms with Crippen LogP contribution in [0.2, 0.25) is 0 Å². The molecule has 0 aliphatic heterocycles. The highest BCUT2D eigenvalue weighted by Gasteiger charge is 2.29. The summed E-state index contributed by atoms with van der Waals surface area (Å²) in [7, 11) is 1.29. The Bertz CT molecular complexity index is 1100. The van der Waals surface area contributed by atoms with Crippen molar-refractivity contribution in [1.29, 1.82) is 0 Å². The van der Waals surface area contributed by atoms with Crippen LogP contribution in [0.4, 0.5) is 17.6 Å². The van der Waals surface area contributed by atoms with Gasteiger partial charge in [-0.05, 0) is 72.3 Å². The highest BCUT2D eigenvalue weighted by molar-refractivity contribution is 5.65. The molecule has 0 atom stereocenters. The van der Waals surface area contributed by atoms with Crippen molar-refractivity contribution in [3.05, 3.63) is 88.5 Å². The molecule has 5 heteroatoms. The molecule has 0 bridgehead atoms. The molecule has 0 saturated heterocycles. The van der Waals surface area contributed by atoms with Crippen LogP contribution in [0.5, 0.6) is 5.75 Å². The van der Waals surface area contributed by atoms with Crippen LogP contribution < -0.4 is 4.74 Å². The smallest absolute Gasteiger partial charge is 0.200 e. The third-order valence-corrected chi connectivity index (χ3v) is 6.69. The van der Waals surface area contributed by atoms with Gasteiger partial charge in [-0.1, -0.05) is 49.4 Å². The van der Waals surface area contributed by atoms with Crippen molar-refractivity contribution in [2.24, 2.45) is 0 Å². The van der Waals surface area contributed by atoms with Gasteiger partial charge >= 0.3 is 0 Å². The van der Waals surface area contributed by atoms with Crippen LogP contribution in [0.1, 0.15) is 61.1 Å². The third-order valence-electron chi connectivity index (χ3n) is 6.69. The summed E-state index contributed by atoms with van der Waals surface area (Å²) in [6.07, 6.45) is 3.20. The molecule has 1 nitrogen and oxygen atoms in total. The molecule has 32 heavy (non-hydrogen) atoms. The first-order chi connectivity index (χ1) is 15.4. The van der Waals surface area contributed by atoms with Crippen molar-refractivity contribution < 1.29 is 22.3 Å². The standard InChI is InChI=1S/C27H26F4O/c1-3-16-4-6-17(7-5-16)20-12-13-21(25(29)24(20)28)18-8-10-19(11-9-18)22-14-15-23(32-2)27(31)26(22)30/h4-7,12-15,18-19H,3,8-11H2,1-2H3. The molecular weight excluding hydrogens is 416 g/mol. The predicted octanol–water partition coefficient (Wildman–Crippen LogP) is 7.92. The molecule has 3 aromatic carbocycles. The lowest BCUT2D eigenvalue weighted by Gasteiger charge is -2.30. The monoisotopic (exact) mass is 442 g/mol. The largest absolute Gasteiger partial charge is 0.494 e. The summed E-state index contributed by atoms with van der Waals surface area (Å²) < 4.78 is 63.3. The molecule has 0 N–H and O–H groups in total. The average Bonchev–Trinajstić information content (AvgIpc) is 2.83. The number of hydrogen-bond donors (Lipinski definition) is 0. The number of ether oxygens (including phenoxy) is 1. The molecule has 1 aliphatic carbocycles. The fraction of sp³-hybridized carbons (Fsp3) is 0.333. The number of methoxy groups -OCH3 is 1. The Morgan fingerprint density at radius 2 is 1.22 bits per heavy atom. The van der Waals surface area contributed by atoms with E-state index in [-0.39, 0.29) is 23.1 Å². The van der Waals surface area contributed by atoms with E-state index in [1.54, 1.807) is 18.2 Å². The number of hydrogen-bond acceptors (Lipinski definition) is 1. The lowest BCUT2D eigenvalue weighted by molar-refractivity contribution is 0.353. The van der Waals surface area contributed by atoms with Gasteiger partial charge in [0, 0.05) is 5.56 Å². The summed E-state index contributed by atoms with van der Waals surface area (Å²) in [5, 5.41) is 0. The molecule has 0 unspecified atom stereocenters. The molecule has 0 spiro atoms. The maximum Gasteiger partial charge on any atom is 0.200 e. The second-order valence-electron chi connectivity index (χ2n) is 8.41. The summed E-state index contributed by atoms with van der Waals surface area (Å²) >= 11 is 0. The molecule has 1 saturated carbocycles. The van der Waals surface area contributed by atoms with Crippen LogP contribution in [-0.4, -0.2) is 7.11 Å². The summed E-state index contributed by atoms with van der Waals surface area (Å²) in [5.41, 5.74) is 2.70. The minimum absolute atomic E-state index is 0.123. The van der Waals surface area contributed by atoms with E-state index in [0.29, 0.717) is 42.4 Å². The first-order valence-corrected chi connectivity index (χ1v) is 11.0. The van der Waals surface area contributed by atoms with E-state index < -0.39 is 23.3 Å². The van der Waals surface area contributed by atoms with Crippen LogP contribution >= 0.6 is 0 Å². The summed E-state index contributed by atoms with van der Waals surface area (Å²) in [6, 6.07) is 13.8. The SMILES string of the molecule is CCc1ccc(-c2ccc(C3CCC(c4ccc(OC)c(F)c4F)CC3)c(F)c2F)cc1. The zero-order valence-corrected chi connectivity index (χ0v) is 18.2. The van der Waals surface area contributed by atoms with E-state index in [1.165, 1.54) is 13.2 Å². The highest BCUT2D eigenvalue weighted by Crippen LogP contribution is 2.43. The van der Waals surface area contributed by atoms with Gasteiger partial charge in [-0.25, -0.2) is 13.2 Å². The van der Waals surface area contributed by atoms with Crippen molar-refractivity contribution in [3.63, 3.8) is 0 Å². The molecule has 1 aliphatic rings. The number of halogens is 4. The molecule has 4 rings (SSSR count). The molecule has 3 aromatic rings. The normalized spacial score (nSPS) is 18.6. The van der Waals surface area contributed by atoms with Gasteiger partial charge in [-0.3, -0.25) is 0 Å². The summed E-state index contributed by atoms with van der Waals surface area (Å²) in [6.45, 7) is 2.04. The minimum Gasteiger partial charge on any atom is -0.494 e. The Morgan fingerprint density at radius 1 is 0.688 bits per heavy atom. The van der Waals surface area contributed by atoms with Gasteiger partial charge in [0.15, 0.2) is 23.2 Å². The van der Waals surface area contributed by atoms with Crippen molar-refractivity contribution in [1.82, 2.24) is 0 Å². The van der Waals surface area contributed by atoms with Crippen LogP contribution in [0.25, 0.3) is 11.1 Å². The Morgan fingerprint density at radius 3 is 1.75 bits per heavy atom. The molecule has 0 amide bonds. The maximum absolute atomic E-state index is 15.0. The maximum atomic E-state index is 15.0. The van der Waals surface area contributed by atoms with Gasteiger partial charge < -0.3 is 4.74 Å². The van der Waals surface area contributed by atoms with E-state index in [1.807, 2.05) is 31.2 Å². The number of aryl methyl sites for hydroxylation is 1. The van der Waals surface area contributed by atoms with E-state index in [2.05, 4.69) is 0 Å². The fourth-order valence-electron chi connectivity index (χ4n) is 4.76. The quantitative estimate of drug-likeness (QED) is 0.365. The first-order valence-electron chi connectivity index (χ1n) is 11.0. The highest BCUT2D eigenvalue weighted by atomic mass is 19.2. The average molecular weight is 442 g/mol. The van der Waals surface area contributed by atoms with Crippen molar-refractivity contribution in [2.75, 3.05) is 7.11 Å². The Hall–Kier alpha value is -2.82. The summed E-state index contributed by atoms with van der Waals surface area (Å²) in [5.74, 6) is -3.95. The second kappa shape index (κ2) is 9.35. The van der Waals surface area contributed by atoms with Gasteiger partial charge in [0.05, 0.1) is 7.11 Å². The van der Waals surface area contributed by atoms with E-state index in [9.17, 15) is 17.6 Å². The lowest BCUT2D eigenvalue weighted by atomic mass is 9.75. The predicted molar refractivity (Wildman–Crippen MR) is 118 cm³/mol. The van der Waals surface area contributed by atoms with E-state index >= 15 is 0 Å². The van der Waals surface area contributed by atoms with Gasteiger partial charge in [0.2, 0.25) is 5.82 Å². The van der Waals surface area contributed by atoms with Gasteiger partial charge in [0.1, 0.15) is 0 Å². The molecule has 1 fully saturated rings. The molecular formula is C27H26F4O. The van der Waals surface area contributed by atoms with E-state index in [0.717, 1.165) is 12.0 Å². The molecule has 0 aromatic heterocycles. The van der Waals surface area contributed by atoms with Crippen LogP contribution in [0, 0.1) is 23.3 Å².